The second kappa shape index (κ2) is 12.6. The maximum absolute atomic E-state index is 13.4. The summed E-state index contributed by atoms with van der Waals surface area (Å²) in [6, 6.07) is 42.8. The summed E-state index contributed by atoms with van der Waals surface area (Å²) in [6.07, 6.45) is 0. The first kappa shape index (κ1) is 32.3. The van der Waals surface area contributed by atoms with Crippen LogP contribution < -0.4 is 0 Å². The van der Waals surface area contributed by atoms with Gasteiger partial charge in [0, 0.05) is 33.0 Å². The number of esters is 4. The number of benzene rings is 8. The summed E-state index contributed by atoms with van der Waals surface area (Å²) in [5.41, 5.74) is 2.41. The molecule has 0 bridgehead atoms. The minimum Gasteiger partial charge on any atom is -0.386 e. The molecule has 0 radical (unpaired) electrons. The summed E-state index contributed by atoms with van der Waals surface area (Å²) in [6.45, 7) is 0. The van der Waals surface area contributed by atoms with E-state index < -0.39 is 23.9 Å². The lowest BCUT2D eigenvalue weighted by Gasteiger charge is -2.20. The molecule has 8 heteroatoms. The van der Waals surface area contributed by atoms with Gasteiger partial charge in [-0.25, -0.2) is 19.2 Å². The van der Waals surface area contributed by atoms with Crippen LogP contribution in [0.15, 0.2) is 146 Å². The number of carbonyl (C=O) groups is 6. The SMILES string of the molecule is O=C(c1ccccc1)c1c2c3c(cccc3c3ccccc13)C(=O)OC2=O.O=C(c1ccccc1)c1c2c3c(cccc3c3ccccc13)C(=O)OC2=O. The van der Waals surface area contributed by atoms with Gasteiger partial charge in [-0.2, -0.15) is 0 Å². The number of hydrogen-bond acceptors (Lipinski definition) is 8. The van der Waals surface area contributed by atoms with E-state index in [0.717, 1.165) is 21.5 Å². The molecule has 8 nitrogen and oxygen atoms in total. The number of ketones is 2. The van der Waals surface area contributed by atoms with Gasteiger partial charge in [-0.05, 0) is 44.5 Å². The van der Waals surface area contributed by atoms with Gasteiger partial charge in [-0.15, -0.1) is 0 Å². The standard InChI is InChI=1S/2C23H12O4/c2*24-21(13-7-2-1-3-8-13)19-16-10-5-4-9-14(16)15-11-6-12-17-18(15)20(19)23(26)27-22(17)25/h2*1-12H. The normalized spacial score (nSPS) is 13.0. The van der Waals surface area contributed by atoms with Gasteiger partial charge < -0.3 is 9.47 Å². The van der Waals surface area contributed by atoms with E-state index in [1.165, 1.54) is 0 Å². The molecule has 0 saturated heterocycles. The highest BCUT2D eigenvalue weighted by Gasteiger charge is 2.35. The number of cyclic esters (lactones) is 4. The Kier molecular flexibility index (Phi) is 7.53. The van der Waals surface area contributed by atoms with Gasteiger partial charge in [0.25, 0.3) is 0 Å². The van der Waals surface area contributed by atoms with Crippen molar-refractivity contribution in [3.05, 3.63) is 190 Å². The molecule has 0 saturated carbocycles. The lowest BCUT2D eigenvalue weighted by molar-refractivity contribution is 0.0372. The number of hydrogen-bond donors (Lipinski definition) is 0. The van der Waals surface area contributed by atoms with E-state index >= 15 is 0 Å². The number of carbonyl (C=O) groups excluding carboxylic acids is 6. The zero-order valence-corrected chi connectivity index (χ0v) is 28.1. The fourth-order valence-corrected chi connectivity index (χ4v) is 7.55. The average Bonchev–Trinajstić information content (AvgIpc) is 3.21. The van der Waals surface area contributed by atoms with Crippen molar-refractivity contribution in [1.82, 2.24) is 0 Å². The van der Waals surface area contributed by atoms with E-state index in [0.29, 0.717) is 43.8 Å². The van der Waals surface area contributed by atoms with Crippen LogP contribution in [0.3, 0.4) is 0 Å². The summed E-state index contributed by atoms with van der Waals surface area (Å²) in [5, 5.41) is 5.45. The van der Waals surface area contributed by atoms with E-state index in [1.807, 2.05) is 72.8 Å². The first-order valence-corrected chi connectivity index (χ1v) is 17.0. The van der Waals surface area contributed by atoms with E-state index in [9.17, 15) is 28.8 Å². The van der Waals surface area contributed by atoms with Crippen LogP contribution in [0.25, 0.3) is 43.1 Å². The third kappa shape index (κ3) is 4.92. The molecule has 0 N–H and O–H groups in total. The zero-order valence-electron chi connectivity index (χ0n) is 28.1. The Morgan fingerprint density at radius 1 is 0.333 bits per heavy atom. The number of ether oxygens (including phenoxy) is 2. The monoisotopic (exact) mass is 704 g/mol. The Labute approximate surface area is 306 Å². The summed E-state index contributed by atoms with van der Waals surface area (Å²) in [4.78, 5) is 76.6. The largest absolute Gasteiger partial charge is 0.386 e. The maximum atomic E-state index is 13.4. The Balaban J connectivity index is 0.000000142. The van der Waals surface area contributed by atoms with Crippen molar-refractivity contribution in [3.63, 3.8) is 0 Å². The first-order valence-electron chi connectivity index (χ1n) is 17.0. The molecular weight excluding hydrogens is 680 g/mol. The Morgan fingerprint density at radius 3 is 1.06 bits per heavy atom. The lowest BCUT2D eigenvalue weighted by atomic mass is 9.85. The molecule has 0 unspecified atom stereocenters. The Morgan fingerprint density at radius 2 is 0.667 bits per heavy atom. The van der Waals surface area contributed by atoms with E-state index in [-0.39, 0.29) is 33.8 Å². The molecule has 2 heterocycles. The predicted molar refractivity (Wildman–Crippen MR) is 202 cm³/mol. The zero-order chi connectivity index (χ0) is 37.1. The molecule has 0 atom stereocenters. The maximum Gasteiger partial charge on any atom is 0.347 e. The van der Waals surface area contributed by atoms with Crippen molar-refractivity contribution in [2.75, 3.05) is 0 Å². The number of fused-ring (bicyclic) bond motifs is 4. The average molecular weight is 705 g/mol. The summed E-state index contributed by atoms with van der Waals surface area (Å²) >= 11 is 0. The van der Waals surface area contributed by atoms with Gasteiger partial charge in [0.15, 0.2) is 11.6 Å². The molecule has 8 aromatic carbocycles. The second-order valence-corrected chi connectivity index (χ2v) is 12.8. The van der Waals surface area contributed by atoms with Crippen LogP contribution in [-0.4, -0.2) is 35.4 Å². The van der Waals surface area contributed by atoms with Crippen LogP contribution in [0.2, 0.25) is 0 Å². The highest BCUT2D eigenvalue weighted by Crippen LogP contribution is 2.40. The smallest absolute Gasteiger partial charge is 0.347 e. The van der Waals surface area contributed by atoms with Crippen LogP contribution in [0.4, 0.5) is 0 Å². The lowest BCUT2D eigenvalue weighted by Crippen LogP contribution is -2.23. The molecular formula is C46H24O8. The quantitative estimate of drug-likeness (QED) is 0.0770. The first-order chi connectivity index (χ1) is 26.3. The van der Waals surface area contributed by atoms with E-state index in [4.69, 9.17) is 9.47 Å². The molecule has 8 aromatic rings. The third-order valence-corrected chi connectivity index (χ3v) is 9.85. The summed E-state index contributed by atoms with van der Waals surface area (Å²) in [5.74, 6) is -3.49. The molecule has 0 fully saturated rings. The van der Waals surface area contributed by atoms with Gasteiger partial charge in [0.05, 0.1) is 22.3 Å². The van der Waals surface area contributed by atoms with Crippen LogP contribution in [-0.2, 0) is 9.47 Å². The van der Waals surface area contributed by atoms with Crippen LogP contribution in [0.5, 0.6) is 0 Å². The van der Waals surface area contributed by atoms with E-state index in [1.54, 1.807) is 72.8 Å². The van der Waals surface area contributed by atoms with Gasteiger partial charge in [-0.3, -0.25) is 9.59 Å². The number of rotatable bonds is 4. The molecule has 256 valence electrons. The van der Waals surface area contributed by atoms with Crippen LogP contribution in [0, 0.1) is 0 Å². The third-order valence-electron chi connectivity index (χ3n) is 9.85. The molecule has 0 amide bonds. The van der Waals surface area contributed by atoms with E-state index in [2.05, 4.69) is 0 Å². The molecule has 0 aromatic heterocycles. The fourth-order valence-electron chi connectivity index (χ4n) is 7.55. The molecule has 2 aliphatic heterocycles. The van der Waals surface area contributed by atoms with Crippen molar-refractivity contribution in [2.24, 2.45) is 0 Å². The van der Waals surface area contributed by atoms with Crippen molar-refractivity contribution in [1.29, 1.82) is 0 Å². The Hall–Kier alpha value is -7.58. The summed E-state index contributed by atoms with van der Waals surface area (Å²) < 4.78 is 9.90. The van der Waals surface area contributed by atoms with Crippen molar-refractivity contribution >= 4 is 78.5 Å². The molecule has 2 aliphatic rings. The molecule has 54 heavy (non-hydrogen) atoms. The van der Waals surface area contributed by atoms with Crippen molar-refractivity contribution < 1.29 is 38.2 Å². The minimum atomic E-state index is -0.784. The summed E-state index contributed by atoms with van der Waals surface area (Å²) in [7, 11) is 0. The highest BCUT2D eigenvalue weighted by molar-refractivity contribution is 6.35. The van der Waals surface area contributed by atoms with Gasteiger partial charge in [-0.1, -0.05) is 133 Å². The minimum absolute atomic E-state index is 0.160. The highest BCUT2D eigenvalue weighted by atomic mass is 16.6. The molecule has 10 rings (SSSR count). The predicted octanol–water partition coefficient (Wildman–Crippen LogP) is 9.07. The van der Waals surface area contributed by atoms with Crippen LogP contribution >= 0.6 is 0 Å². The fraction of sp³-hybridized carbons (Fsp3) is 0. The van der Waals surface area contributed by atoms with Crippen molar-refractivity contribution in [2.45, 2.75) is 0 Å². The topological polar surface area (TPSA) is 121 Å². The Bertz CT molecular complexity index is 2780. The van der Waals surface area contributed by atoms with Gasteiger partial charge in [0.1, 0.15) is 0 Å². The molecule has 0 aliphatic carbocycles. The van der Waals surface area contributed by atoms with Crippen molar-refractivity contribution in [3.8, 4) is 0 Å². The second-order valence-electron chi connectivity index (χ2n) is 12.8. The van der Waals surface area contributed by atoms with Crippen LogP contribution in [0.1, 0.15) is 73.3 Å². The molecule has 0 spiro atoms. The van der Waals surface area contributed by atoms with Gasteiger partial charge >= 0.3 is 23.9 Å². The van der Waals surface area contributed by atoms with Gasteiger partial charge in [0.2, 0.25) is 0 Å².